The summed E-state index contributed by atoms with van der Waals surface area (Å²) >= 11 is 0. The summed E-state index contributed by atoms with van der Waals surface area (Å²) in [6, 6.07) is 15.4. The van der Waals surface area contributed by atoms with Gasteiger partial charge in [0.25, 0.3) is 0 Å². The average Bonchev–Trinajstić information content (AvgIpc) is 3.43. The number of nitrogens with one attached hydrogen (secondary N) is 3. The second kappa shape index (κ2) is 6.13. The molecule has 0 saturated heterocycles. The number of fused-ring (bicyclic) bond motifs is 2. The Bertz CT molecular complexity index is 1230. The second-order valence-corrected chi connectivity index (χ2v) is 6.75. The molecule has 2 aromatic heterocycles. The summed E-state index contributed by atoms with van der Waals surface area (Å²) in [6.07, 6.45) is 3.52. The van der Waals surface area contributed by atoms with E-state index in [4.69, 9.17) is 4.74 Å². The highest BCUT2D eigenvalue weighted by Gasteiger charge is 2.40. The molecule has 6 nitrogen and oxygen atoms in total. The molecule has 1 aliphatic rings. The van der Waals surface area contributed by atoms with Crippen LogP contribution in [0, 0.1) is 0 Å². The van der Waals surface area contributed by atoms with E-state index in [9.17, 15) is 9.59 Å². The maximum Gasteiger partial charge on any atom is 0.240 e. The van der Waals surface area contributed by atoms with Gasteiger partial charge in [0, 0.05) is 29.2 Å². The molecule has 0 bridgehead atoms. The lowest BCUT2D eigenvalue weighted by Gasteiger charge is -2.13. The van der Waals surface area contributed by atoms with Gasteiger partial charge in [0.05, 0.1) is 7.11 Å². The van der Waals surface area contributed by atoms with E-state index in [1.54, 1.807) is 12.3 Å². The van der Waals surface area contributed by atoms with Crippen LogP contribution in [0.1, 0.15) is 22.0 Å². The molecule has 0 aliphatic carbocycles. The van der Waals surface area contributed by atoms with Gasteiger partial charge in [-0.15, -0.1) is 0 Å². The molecule has 5 rings (SSSR count). The number of amides is 1. The molecule has 0 fully saturated rings. The molecule has 1 aliphatic heterocycles. The highest BCUT2D eigenvalue weighted by molar-refractivity contribution is 6.23. The molecule has 3 heterocycles. The number of benzene rings is 2. The largest absolute Gasteiger partial charge is 0.494 e. The van der Waals surface area contributed by atoms with Crippen molar-refractivity contribution in [1.29, 1.82) is 0 Å². The normalized spacial score (nSPS) is 15.5. The van der Waals surface area contributed by atoms with Gasteiger partial charge in [0.2, 0.25) is 5.91 Å². The number of Topliss-reactive ketones (excluding diaryl/α,β-unsaturated/α-hetero) is 1. The molecule has 1 atom stereocenters. The average molecular weight is 371 g/mol. The van der Waals surface area contributed by atoms with Crippen LogP contribution in [0.2, 0.25) is 0 Å². The third-order valence-corrected chi connectivity index (χ3v) is 5.22. The van der Waals surface area contributed by atoms with Crippen LogP contribution in [0.4, 0.5) is 5.69 Å². The molecule has 1 unspecified atom stereocenters. The van der Waals surface area contributed by atoms with Gasteiger partial charge >= 0.3 is 0 Å². The van der Waals surface area contributed by atoms with Gasteiger partial charge in [-0.25, -0.2) is 0 Å². The van der Waals surface area contributed by atoms with Gasteiger partial charge in [-0.2, -0.15) is 0 Å². The standard InChI is InChI=1S/C22H17N3O3/c1-28-17-8-10-24-20(17)21(26)19-18-14(3-2-4-15(18)25-22(19)27)13-6-5-12-7-9-23-16(12)11-13/h2-11,19,23-24H,1H3,(H,25,27). The lowest BCUT2D eigenvalue weighted by molar-refractivity contribution is -0.116. The number of ketones is 1. The molecule has 2 aromatic carbocycles. The van der Waals surface area contributed by atoms with Crippen molar-refractivity contribution in [3.05, 3.63) is 72.2 Å². The molecule has 28 heavy (non-hydrogen) atoms. The first-order chi connectivity index (χ1) is 13.7. The van der Waals surface area contributed by atoms with Crippen molar-refractivity contribution < 1.29 is 14.3 Å². The Balaban J connectivity index is 1.67. The number of anilines is 1. The number of rotatable bonds is 4. The molecule has 4 aromatic rings. The van der Waals surface area contributed by atoms with E-state index >= 15 is 0 Å². The third-order valence-electron chi connectivity index (χ3n) is 5.22. The first kappa shape index (κ1) is 16.4. The predicted molar refractivity (Wildman–Crippen MR) is 107 cm³/mol. The number of carbonyl (C=O) groups excluding carboxylic acids is 2. The smallest absolute Gasteiger partial charge is 0.240 e. The van der Waals surface area contributed by atoms with Gasteiger partial charge in [0.15, 0.2) is 5.78 Å². The number of carbonyl (C=O) groups is 2. The van der Waals surface area contributed by atoms with Crippen molar-refractivity contribution in [3.63, 3.8) is 0 Å². The Kier molecular flexibility index (Phi) is 3.58. The Hall–Kier alpha value is -3.80. The molecule has 0 radical (unpaired) electrons. The van der Waals surface area contributed by atoms with E-state index < -0.39 is 5.92 Å². The molecule has 138 valence electrons. The number of H-pyrrole nitrogens is 2. The van der Waals surface area contributed by atoms with E-state index in [2.05, 4.69) is 15.3 Å². The summed E-state index contributed by atoms with van der Waals surface area (Å²) in [7, 11) is 1.50. The Morgan fingerprint density at radius 3 is 2.75 bits per heavy atom. The lowest BCUT2D eigenvalue weighted by Crippen LogP contribution is -2.22. The van der Waals surface area contributed by atoms with Crippen molar-refractivity contribution in [2.75, 3.05) is 12.4 Å². The summed E-state index contributed by atoms with van der Waals surface area (Å²) in [4.78, 5) is 32.1. The van der Waals surface area contributed by atoms with Gasteiger partial charge < -0.3 is 20.0 Å². The minimum Gasteiger partial charge on any atom is -0.494 e. The van der Waals surface area contributed by atoms with Crippen molar-refractivity contribution in [1.82, 2.24) is 9.97 Å². The second-order valence-electron chi connectivity index (χ2n) is 6.75. The van der Waals surface area contributed by atoms with Crippen molar-refractivity contribution >= 4 is 28.3 Å². The van der Waals surface area contributed by atoms with Crippen LogP contribution in [-0.2, 0) is 4.79 Å². The van der Waals surface area contributed by atoms with Gasteiger partial charge in [-0.05, 0) is 40.8 Å². The fourth-order valence-corrected chi connectivity index (χ4v) is 3.90. The molecule has 0 saturated carbocycles. The topological polar surface area (TPSA) is 87.0 Å². The number of methoxy groups -OCH3 is 1. The summed E-state index contributed by atoms with van der Waals surface area (Å²) in [5.41, 5.74) is 4.46. The van der Waals surface area contributed by atoms with E-state index in [1.165, 1.54) is 7.11 Å². The summed E-state index contributed by atoms with van der Waals surface area (Å²) in [5.74, 6) is -1.15. The zero-order valence-electron chi connectivity index (χ0n) is 15.1. The lowest BCUT2D eigenvalue weighted by atomic mass is 9.87. The Morgan fingerprint density at radius 1 is 1.04 bits per heavy atom. The zero-order chi connectivity index (χ0) is 19.3. The maximum atomic E-state index is 13.2. The number of ether oxygens (including phenoxy) is 1. The highest BCUT2D eigenvalue weighted by atomic mass is 16.5. The predicted octanol–water partition coefficient (Wildman–Crippen LogP) is 4.09. The number of hydrogen-bond acceptors (Lipinski definition) is 3. The summed E-state index contributed by atoms with van der Waals surface area (Å²) in [5, 5.41) is 3.95. The first-order valence-electron chi connectivity index (χ1n) is 8.94. The minimum absolute atomic E-state index is 0.296. The van der Waals surface area contributed by atoms with Crippen molar-refractivity contribution in [3.8, 4) is 16.9 Å². The molecule has 1 amide bonds. The molecule has 6 heteroatoms. The summed E-state index contributed by atoms with van der Waals surface area (Å²) in [6.45, 7) is 0. The van der Waals surface area contributed by atoms with Gasteiger partial charge in [-0.1, -0.05) is 24.3 Å². The molecular formula is C22H17N3O3. The highest BCUT2D eigenvalue weighted by Crippen LogP contribution is 2.42. The van der Waals surface area contributed by atoms with Crippen LogP contribution in [0.3, 0.4) is 0 Å². The molecule has 3 N–H and O–H groups in total. The zero-order valence-corrected chi connectivity index (χ0v) is 15.1. The van der Waals surface area contributed by atoms with Crippen LogP contribution in [0.5, 0.6) is 5.75 Å². The maximum absolute atomic E-state index is 13.2. The van der Waals surface area contributed by atoms with Crippen LogP contribution < -0.4 is 10.1 Å². The summed E-state index contributed by atoms with van der Waals surface area (Å²) < 4.78 is 5.26. The van der Waals surface area contributed by atoms with E-state index in [1.807, 2.05) is 48.7 Å². The molecular weight excluding hydrogens is 354 g/mol. The fourth-order valence-electron chi connectivity index (χ4n) is 3.90. The van der Waals surface area contributed by atoms with Crippen LogP contribution in [-0.4, -0.2) is 28.8 Å². The first-order valence-corrected chi connectivity index (χ1v) is 8.94. The Morgan fingerprint density at radius 2 is 1.89 bits per heavy atom. The number of aromatic nitrogens is 2. The minimum atomic E-state index is -0.932. The van der Waals surface area contributed by atoms with Crippen LogP contribution >= 0.6 is 0 Å². The van der Waals surface area contributed by atoms with E-state index in [0.717, 1.165) is 22.0 Å². The van der Waals surface area contributed by atoms with E-state index in [-0.39, 0.29) is 11.7 Å². The van der Waals surface area contributed by atoms with Crippen molar-refractivity contribution in [2.45, 2.75) is 5.92 Å². The van der Waals surface area contributed by atoms with Crippen LogP contribution in [0.25, 0.3) is 22.0 Å². The quantitative estimate of drug-likeness (QED) is 0.373. The Labute approximate surface area is 160 Å². The van der Waals surface area contributed by atoms with Crippen molar-refractivity contribution in [2.24, 2.45) is 0 Å². The SMILES string of the molecule is COc1cc[nH]c1C(=O)C1C(=O)Nc2cccc(-c3ccc4cc[nH]c4c3)c21. The monoisotopic (exact) mass is 371 g/mol. The fraction of sp³-hybridized carbons (Fsp3) is 0.0909. The third kappa shape index (κ3) is 2.35. The van der Waals surface area contributed by atoms with Gasteiger partial charge in [0.1, 0.15) is 17.4 Å². The molecule has 0 spiro atoms. The van der Waals surface area contributed by atoms with Gasteiger partial charge in [-0.3, -0.25) is 9.59 Å². The number of aromatic amines is 2. The van der Waals surface area contributed by atoms with E-state index in [0.29, 0.717) is 22.7 Å². The van der Waals surface area contributed by atoms with Crippen LogP contribution in [0.15, 0.2) is 60.9 Å². The number of hydrogen-bond donors (Lipinski definition) is 3.